The number of benzene rings is 2. The van der Waals surface area contributed by atoms with Crippen LogP contribution in [0, 0.1) is 5.92 Å². The zero-order valence-electron chi connectivity index (χ0n) is 23.6. The van der Waals surface area contributed by atoms with Crippen LogP contribution in [0.1, 0.15) is 70.3 Å². The van der Waals surface area contributed by atoms with Crippen LogP contribution in [0.15, 0.2) is 54.6 Å². The number of piperazine rings is 1. The Morgan fingerprint density at radius 1 is 0.975 bits per heavy atom. The smallest absolute Gasteiger partial charge is 0.248 e. The van der Waals surface area contributed by atoms with Crippen molar-refractivity contribution >= 4 is 24.2 Å². The lowest BCUT2D eigenvalue weighted by atomic mass is 9.78. The molecule has 2 saturated heterocycles. The fraction of sp³-hybridized carbons (Fsp3) is 0.562. The maximum absolute atomic E-state index is 13.8. The minimum absolute atomic E-state index is 0. The van der Waals surface area contributed by atoms with Gasteiger partial charge in [-0.3, -0.25) is 14.5 Å². The van der Waals surface area contributed by atoms with E-state index in [1.807, 2.05) is 47.4 Å². The number of halogens is 1. The average molecular weight is 570 g/mol. The molecule has 2 aliphatic heterocycles. The van der Waals surface area contributed by atoms with Gasteiger partial charge in [-0.15, -0.1) is 12.4 Å². The Bertz CT molecular complexity index is 1100. The minimum Gasteiger partial charge on any atom is -0.457 e. The predicted molar refractivity (Wildman–Crippen MR) is 159 cm³/mol. The van der Waals surface area contributed by atoms with Gasteiger partial charge in [-0.25, -0.2) is 0 Å². The monoisotopic (exact) mass is 569 g/mol. The summed E-state index contributed by atoms with van der Waals surface area (Å²) in [5.41, 5.74) is 0.368. The largest absolute Gasteiger partial charge is 0.457 e. The zero-order chi connectivity index (χ0) is 27.2. The van der Waals surface area contributed by atoms with E-state index in [1.54, 1.807) is 0 Å². The molecular formula is C32H44ClN3O4. The van der Waals surface area contributed by atoms with E-state index in [0.717, 1.165) is 69.7 Å². The van der Waals surface area contributed by atoms with E-state index in [2.05, 4.69) is 29.3 Å². The van der Waals surface area contributed by atoms with Gasteiger partial charge in [-0.2, -0.15) is 0 Å². The third kappa shape index (κ3) is 6.64. The Kier molecular flexibility index (Phi) is 10.5. The highest BCUT2D eigenvalue weighted by Gasteiger charge is 2.55. The Hall–Kier alpha value is -2.61. The molecule has 218 valence electrons. The van der Waals surface area contributed by atoms with Gasteiger partial charge in [0.05, 0.1) is 6.10 Å². The van der Waals surface area contributed by atoms with Gasteiger partial charge in [0, 0.05) is 26.2 Å². The van der Waals surface area contributed by atoms with Gasteiger partial charge in [0.2, 0.25) is 11.8 Å². The molecule has 40 heavy (non-hydrogen) atoms. The second-order valence-electron chi connectivity index (χ2n) is 11.6. The summed E-state index contributed by atoms with van der Waals surface area (Å²) in [5, 5.41) is 14.2. The first-order valence-electron chi connectivity index (χ1n) is 14.8. The Balaban J connectivity index is 0.00000370. The zero-order valence-corrected chi connectivity index (χ0v) is 24.4. The third-order valence-corrected chi connectivity index (χ3v) is 8.96. The first-order valence-corrected chi connectivity index (χ1v) is 14.8. The lowest BCUT2D eigenvalue weighted by molar-refractivity contribution is -0.166. The molecule has 3 fully saturated rings. The fourth-order valence-corrected chi connectivity index (χ4v) is 6.58. The van der Waals surface area contributed by atoms with Gasteiger partial charge < -0.3 is 20.1 Å². The predicted octanol–water partition coefficient (Wildman–Crippen LogP) is 5.30. The summed E-state index contributed by atoms with van der Waals surface area (Å²) in [6, 6.07) is 17.1. The van der Waals surface area contributed by atoms with Gasteiger partial charge in [0.1, 0.15) is 23.1 Å². The molecule has 7 nitrogen and oxygen atoms in total. The van der Waals surface area contributed by atoms with Gasteiger partial charge >= 0.3 is 0 Å². The van der Waals surface area contributed by atoms with Crippen molar-refractivity contribution in [3.05, 3.63) is 60.2 Å². The molecule has 0 radical (unpaired) electrons. The lowest BCUT2D eigenvalue weighted by Crippen LogP contribution is -2.75. The van der Waals surface area contributed by atoms with Crippen LogP contribution in [0.2, 0.25) is 0 Å². The lowest BCUT2D eigenvalue weighted by Gasteiger charge is -2.52. The number of carbonyl (C=O) groups is 2. The van der Waals surface area contributed by atoms with Crippen molar-refractivity contribution in [2.24, 2.45) is 5.92 Å². The number of hydrogen-bond donors (Lipinski definition) is 2. The topological polar surface area (TPSA) is 82.1 Å². The van der Waals surface area contributed by atoms with Crippen LogP contribution in [0.4, 0.5) is 0 Å². The van der Waals surface area contributed by atoms with Crippen LogP contribution >= 0.6 is 12.4 Å². The highest BCUT2D eigenvalue weighted by atomic mass is 35.5. The number of ether oxygens (including phenoxy) is 1. The molecule has 0 bridgehead atoms. The van der Waals surface area contributed by atoms with E-state index in [1.165, 1.54) is 12.0 Å². The number of nitrogens with zero attached hydrogens (tertiary/aromatic N) is 2. The Morgan fingerprint density at radius 2 is 1.62 bits per heavy atom. The molecule has 0 aromatic heterocycles. The SMILES string of the molecule is CCCCN1C(=O)C(C(O)C2CCCCC2)NC(=O)C12CCN(Cc1ccc(Oc3ccccc3)cc1)CC2.Cl. The summed E-state index contributed by atoms with van der Waals surface area (Å²) in [7, 11) is 0. The van der Waals surface area contributed by atoms with Crippen LogP contribution in [0.25, 0.3) is 0 Å². The van der Waals surface area contributed by atoms with E-state index in [-0.39, 0.29) is 30.1 Å². The Morgan fingerprint density at radius 3 is 2.27 bits per heavy atom. The van der Waals surface area contributed by atoms with Crippen LogP contribution in [-0.2, 0) is 16.1 Å². The van der Waals surface area contributed by atoms with Crippen molar-refractivity contribution in [2.75, 3.05) is 19.6 Å². The molecule has 1 aliphatic carbocycles. The second kappa shape index (κ2) is 13.8. The van der Waals surface area contributed by atoms with Crippen molar-refractivity contribution in [3.63, 3.8) is 0 Å². The summed E-state index contributed by atoms with van der Waals surface area (Å²) in [6.07, 6.45) is 7.41. The quantitative estimate of drug-likeness (QED) is 0.428. The van der Waals surface area contributed by atoms with Crippen LogP contribution in [-0.4, -0.2) is 64.0 Å². The number of unbranched alkanes of at least 4 members (excludes halogenated alkanes) is 1. The number of hydrogen-bond acceptors (Lipinski definition) is 5. The second-order valence-corrected chi connectivity index (χ2v) is 11.6. The van der Waals surface area contributed by atoms with Crippen molar-refractivity contribution < 1.29 is 19.4 Å². The van der Waals surface area contributed by atoms with Crippen LogP contribution in [0.5, 0.6) is 11.5 Å². The minimum atomic E-state index is -0.822. The normalized spacial score (nSPS) is 22.4. The highest BCUT2D eigenvalue weighted by Crippen LogP contribution is 2.36. The number of nitrogens with one attached hydrogen (secondary N) is 1. The van der Waals surface area contributed by atoms with Gasteiger partial charge in [0.15, 0.2) is 0 Å². The van der Waals surface area contributed by atoms with Crippen molar-refractivity contribution in [2.45, 2.75) is 88.9 Å². The molecule has 2 heterocycles. The number of aliphatic hydroxyl groups excluding tert-OH is 1. The molecule has 2 atom stereocenters. The van der Waals surface area contributed by atoms with Crippen LogP contribution < -0.4 is 10.1 Å². The molecule has 2 amide bonds. The van der Waals surface area contributed by atoms with Gasteiger partial charge in [-0.05, 0) is 67.9 Å². The van der Waals surface area contributed by atoms with Crippen LogP contribution in [0.3, 0.4) is 0 Å². The summed E-state index contributed by atoms with van der Waals surface area (Å²) in [6.45, 7) is 4.94. The number of aliphatic hydroxyl groups is 1. The molecular weight excluding hydrogens is 526 g/mol. The standard InChI is InChI=1S/C32H43N3O4.ClH/c1-2-3-20-35-30(37)28(29(36)25-10-6-4-7-11-25)33-31(38)32(35)18-21-34(22-19-32)23-24-14-16-27(17-15-24)39-26-12-8-5-9-13-26;/h5,8-9,12-17,25,28-29,36H,2-4,6-7,10-11,18-23H2,1H3,(H,33,38);1H. The van der Waals surface area contributed by atoms with Gasteiger partial charge in [-0.1, -0.05) is 62.9 Å². The number of piperidine rings is 1. The van der Waals surface area contributed by atoms with E-state index in [0.29, 0.717) is 19.4 Å². The van der Waals surface area contributed by atoms with E-state index in [4.69, 9.17) is 4.74 Å². The molecule has 1 saturated carbocycles. The number of para-hydroxylation sites is 1. The summed E-state index contributed by atoms with van der Waals surface area (Å²) in [4.78, 5) is 31.7. The molecule has 2 unspecified atom stereocenters. The fourth-order valence-electron chi connectivity index (χ4n) is 6.58. The van der Waals surface area contributed by atoms with Gasteiger partial charge in [0.25, 0.3) is 0 Å². The maximum Gasteiger partial charge on any atom is 0.248 e. The molecule has 5 rings (SSSR count). The van der Waals surface area contributed by atoms with Crippen molar-refractivity contribution in [3.8, 4) is 11.5 Å². The number of amides is 2. The van der Waals surface area contributed by atoms with Crippen molar-refractivity contribution in [1.82, 2.24) is 15.1 Å². The molecule has 2 aromatic carbocycles. The first kappa shape index (κ1) is 30.4. The van der Waals surface area contributed by atoms with E-state index < -0.39 is 17.7 Å². The first-order chi connectivity index (χ1) is 19.0. The van der Waals surface area contributed by atoms with E-state index >= 15 is 0 Å². The summed E-state index contributed by atoms with van der Waals surface area (Å²) >= 11 is 0. The molecule has 1 spiro atoms. The summed E-state index contributed by atoms with van der Waals surface area (Å²) < 4.78 is 5.92. The number of carbonyl (C=O) groups excluding carboxylic acids is 2. The maximum atomic E-state index is 13.8. The van der Waals surface area contributed by atoms with Crippen molar-refractivity contribution in [1.29, 1.82) is 0 Å². The highest BCUT2D eigenvalue weighted by molar-refractivity contribution is 6.00. The molecule has 3 aliphatic rings. The van der Waals surface area contributed by atoms with E-state index in [9.17, 15) is 14.7 Å². The molecule has 8 heteroatoms. The summed E-state index contributed by atoms with van der Waals surface area (Å²) in [5.74, 6) is 1.52. The average Bonchev–Trinajstić information content (AvgIpc) is 2.98. The Labute approximate surface area is 244 Å². The number of likely N-dealkylation sites (tertiary alicyclic amines) is 1. The molecule has 2 N–H and O–H groups in total. The molecule has 2 aromatic rings. The number of rotatable bonds is 9. The third-order valence-electron chi connectivity index (χ3n) is 8.96.